The van der Waals surface area contributed by atoms with Gasteiger partial charge in [0.1, 0.15) is 4.99 Å². The third kappa shape index (κ3) is 3.84. The summed E-state index contributed by atoms with van der Waals surface area (Å²) in [7, 11) is 0. The second-order valence-corrected chi connectivity index (χ2v) is 3.04. The lowest BCUT2D eigenvalue weighted by molar-refractivity contribution is -0.325. The van der Waals surface area contributed by atoms with Crippen molar-refractivity contribution in [3.05, 3.63) is 18.2 Å². The number of aromatic nitrogens is 2. The highest BCUT2D eigenvalue weighted by atomic mass is 32.1. The molecule has 1 aromatic heterocycles. The molecule has 15 heavy (non-hydrogen) atoms. The number of hydrogen-bond acceptors (Lipinski definition) is 3. The predicted octanol–water partition coefficient (Wildman–Crippen LogP) is 1.05. The Bertz CT molecular complexity index is 349. The SMILES string of the molecule is NC(=S)c1nccn1CCOC(F)(F)F. The molecule has 0 atom stereocenters. The van der Waals surface area contributed by atoms with Gasteiger partial charge in [0.05, 0.1) is 6.61 Å². The van der Waals surface area contributed by atoms with E-state index in [1.54, 1.807) is 0 Å². The van der Waals surface area contributed by atoms with Crippen LogP contribution in [0.3, 0.4) is 0 Å². The number of ether oxygens (including phenoxy) is 1. The Hall–Kier alpha value is -1.15. The number of imidazole rings is 1. The summed E-state index contributed by atoms with van der Waals surface area (Å²) in [6, 6.07) is 0. The summed E-state index contributed by atoms with van der Waals surface area (Å²) in [6.07, 6.45) is -1.74. The van der Waals surface area contributed by atoms with Crippen LogP contribution in [0, 0.1) is 0 Å². The van der Waals surface area contributed by atoms with Gasteiger partial charge >= 0.3 is 6.36 Å². The number of hydrogen-bond donors (Lipinski definition) is 1. The Labute approximate surface area is 88.8 Å². The highest BCUT2D eigenvalue weighted by Gasteiger charge is 2.28. The second-order valence-electron chi connectivity index (χ2n) is 2.60. The number of nitrogens with zero attached hydrogens (tertiary/aromatic N) is 2. The fraction of sp³-hybridized carbons (Fsp3) is 0.429. The molecule has 0 amide bonds. The van der Waals surface area contributed by atoms with Gasteiger partial charge in [-0.25, -0.2) is 4.98 Å². The zero-order valence-electron chi connectivity index (χ0n) is 7.49. The smallest absolute Gasteiger partial charge is 0.387 e. The number of halogens is 3. The Kier molecular flexibility index (Phi) is 3.64. The minimum atomic E-state index is -4.62. The van der Waals surface area contributed by atoms with Crippen LogP contribution in [0.2, 0.25) is 0 Å². The van der Waals surface area contributed by atoms with E-state index in [4.69, 9.17) is 5.73 Å². The van der Waals surface area contributed by atoms with E-state index in [1.165, 1.54) is 17.0 Å². The minimum Gasteiger partial charge on any atom is -0.387 e. The molecule has 1 rings (SSSR count). The van der Waals surface area contributed by atoms with Gasteiger partial charge in [0.25, 0.3) is 0 Å². The van der Waals surface area contributed by atoms with E-state index in [0.29, 0.717) is 0 Å². The van der Waals surface area contributed by atoms with E-state index in [1.807, 2.05) is 0 Å². The first-order chi connectivity index (χ1) is 6.90. The van der Waals surface area contributed by atoms with Crippen LogP contribution in [0.1, 0.15) is 5.82 Å². The van der Waals surface area contributed by atoms with Gasteiger partial charge in [-0.3, -0.25) is 4.74 Å². The van der Waals surface area contributed by atoms with Crippen LogP contribution >= 0.6 is 12.2 Å². The molecule has 0 aliphatic heterocycles. The number of alkyl halides is 3. The largest absolute Gasteiger partial charge is 0.522 e. The Morgan fingerprint density at radius 2 is 2.27 bits per heavy atom. The van der Waals surface area contributed by atoms with Gasteiger partial charge in [-0.15, -0.1) is 13.2 Å². The first kappa shape index (κ1) is 11.9. The highest BCUT2D eigenvalue weighted by molar-refractivity contribution is 7.80. The quantitative estimate of drug-likeness (QED) is 0.798. The first-order valence-corrected chi connectivity index (χ1v) is 4.32. The maximum Gasteiger partial charge on any atom is 0.522 e. The number of nitrogens with two attached hydrogens (primary N) is 1. The predicted molar refractivity (Wildman–Crippen MR) is 50.1 cm³/mol. The Morgan fingerprint density at radius 1 is 1.60 bits per heavy atom. The third-order valence-electron chi connectivity index (χ3n) is 1.53. The van der Waals surface area contributed by atoms with Gasteiger partial charge in [-0.05, 0) is 0 Å². The standard InChI is InChI=1S/C7H8F3N3OS/c8-7(9,10)14-4-3-13-2-1-12-6(13)5(11)15/h1-2H,3-4H2,(H2,11,15). The molecule has 0 aliphatic rings. The third-order valence-corrected chi connectivity index (χ3v) is 1.72. The summed E-state index contributed by atoms with van der Waals surface area (Å²) >= 11 is 4.66. The molecule has 8 heteroatoms. The molecule has 0 aromatic carbocycles. The van der Waals surface area contributed by atoms with Crippen molar-refractivity contribution in [1.82, 2.24) is 9.55 Å². The van der Waals surface area contributed by atoms with Crippen LogP contribution < -0.4 is 5.73 Å². The summed E-state index contributed by atoms with van der Waals surface area (Å²) < 4.78 is 39.9. The average molecular weight is 239 g/mol. The first-order valence-electron chi connectivity index (χ1n) is 3.92. The molecule has 0 unspecified atom stereocenters. The summed E-state index contributed by atoms with van der Waals surface area (Å²) in [5.41, 5.74) is 5.30. The molecule has 0 radical (unpaired) electrons. The molecular formula is C7H8F3N3OS. The zero-order valence-corrected chi connectivity index (χ0v) is 8.31. The molecule has 0 spiro atoms. The van der Waals surface area contributed by atoms with Crippen molar-refractivity contribution in [2.75, 3.05) is 6.61 Å². The average Bonchev–Trinajstić information content (AvgIpc) is 2.49. The maximum atomic E-state index is 11.6. The molecule has 84 valence electrons. The molecule has 0 bridgehead atoms. The molecule has 1 aromatic rings. The lowest BCUT2D eigenvalue weighted by atomic mass is 10.5. The molecule has 0 saturated heterocycles. The van der Waals surface area contributed by atoms with Crippen molar-refractivity contribution in [2.24, 2.45) is 5.73 Å². The molecule has 0 fully saturated rings. The molecule has 0 saturated carbocycles. The van der Waals surface area contributed by atoms with Crippen LogP contribution in [-0.2, 0) is 11.3 Å². The lowest BCUT2D eigenvalue weighted by Crippen LogP contribution is -2.21. The van der Waals surface area contributed by atoms with E-state index >= 15 is 0 Å². The van der Waals surface area contributed by atoms with Gasteiger partial charge in [-0.1, -0.05) is 12.2 Å². The van der Waals surface area contributed by atoms with Gasteiger partial charge in [0.2, 0.25) is 0 Å². The Morgan fingerprint density at radius 3 is 2.80 bits per heavy atom. The van der Waals surface area contributed by atoms with E-state index < -0.39 is 13.0 Å². The van der Waals surface area contributed by atoms with Crippen LogP contribution in [0.5, 0.6) is 0 Å². The molecule has 2 N–H and O–H groups in total. The second kappa shape index (κ2) is 4.58. The van der Waals surface area contributed by atoms with Gasteiger partial charge in [-0.2, -0.15) is 0 Å². The van der Waals surface area contributed by atoms with Crippen molar-refractivity contribution >= 4 is 17.2 Å². The Balaban J connectivity index is 2.51. The van der Waals surface area contributed by atoms with Gasteiger partial charge in [0, 0.05) is 18.9 Å². The van der Waals surface area contributed by atoms with E-state index in [0.717, 1.165) is 0 Å². The molecule has 0 aliphatic carbocycles. The zero-order chi connectivity index (χ0) is 11.5. The van der Waals surface area contributed by atoms with Gasteiger partial charge in [0.15, 0.2) is 5.82 Å². The topological polar surface area (TPSA) is 53.1 Å². The number of rotatable bonds is 4. The fourth-order valence-corrected chi connectivity index (χ4v) is 1.14. The summed E-state index contributed by atoms with van der Waals surface area (Å²) in [5, 5.41) is 0. The van der Waals surface area contributed by atoms with Crippen molar-refractivity contribution in [2.45, 2.75) is 12.9 Å². The number of thiocarbonyl (C=S) groups is 1. The summed E-state index contributed by atoms with van der Waals surface area (Å²) in [5.74, 6) is 0.274. The highest BCUT2D eigenvalue weighted by Crippen LogP contribution is 2.15. The normalized spacial score (nSPS) is 11.7. The van der Waals surface area contributed by atoms with Crippen molar-refractivity contribution < 1.29 is 17.9 Å². The van der Waals surface area contributed by atoms with Crippen LogP contribution in [0.25, 0.3) is 0 Å². The van der Waals surface area contributed by atoms with Crippen LogP contribution in [-0.4, -0.2) is 27.5 Å². The minimum absolute atomic E-state index is 0.00775. The van der Waals surface area contributed by atoms with Crippen molar-refractivity contribution in [1.29, 1.82) is 0 Å². The van der Waals surface area contributed by atoms with E-state index in [-0.39, 0.29) is 17.4 Å². The summed E-state index contributed by atoms with van der Waals surface area (Å²) in [6.45, 7) is -0.512. The van der Waals surface area contributed by atoms with Crippen molar-refractivity contribution in [3.63, 3.8) is 0 Å². The van der Waals surface area contributed by atoms with E-state index in [2.05, 4.69) is 21.9 Å². The van der Waals surface area contributed by atoms with Crippen LogP contribution in [0.15, 0.2) is 12.4 Å². The summed E-state index contributed by atoms with van der Waals surface area (Å²) in [4.78, 5) is 3.83. The van der Waals surface area contributed by atoms with Crippen molar-refractivity contribution in [3.8, 4) is 0 Å². The lowest BCUT2D eigenvalue weighted by Gasteiger charge is -2.09. The maximum absolute atomic E-state index is 11.6. The molecule has 4 nitrogen and oxygen atoms in total. The van der Waals surface area contributed by atoms with Crippen LogP contribution in [0.4, 0.5) is 13.2 Å². The monoisotopic (exact) mass is 239 g/mol. The molecular weight excluding hydrogens is 231 g/mol. The van der Waals surface area contributed by atoms with E-state index in [9.17, 15) is 13.2 Å². The molecule has 1 heterocycles. The van der Waals surface area contributed by atoms with Gasteiger partial charge < -0.3 is 10.3 Å². The fourth-order valence-electron chi connectivity index (χ4n) is 0.974.